The van der Waals surface area contributed by atoms with Gasteiger partial charge < -0.3 is 31.5 Å². The summed E-state index contributed by atoms with van der Waals surface area (Å²) in [5.41, 5.74) is -0.588. The Balaban J connectivity index is 0.000000422. The quantitative estimate of drug-likeness (QED) is 0.422. The van der Waals surface area contributed by atoms with E-state index in [2.05, 4.69) is 4.58 Å². The number of hydrogen-bond acceptors (Lipinski definition) is 3. The van der Waals surface area contributed by atoms with Crippen molar-refractivity contribution >= 4 is 13.5 Å². The highest BCUT2D eigenvalue weighted by Crippen LogP contribution is 2.39. The maximum atomic E-state index is 9.75. The molecule has 2 aliphatic rings. The Kier molecular flexibility index (Phi) is 5.89. The summed E-state index contributed by atoms with van der Waals surface area (Å²) in [5.74, 6) is 0.603. The Morgan fingerprint density at radius 1 is 0.955 bits per heavy atom. The van der Waals surface area contributed by atoms with Crippen LogP contribution in [0.4, 0.5) is 17.3 Å². The van der Waals surface area contributed by atoms with Crippen molar-refractivity contribution in [3.8, 4) is 0 Å². The highest BCUT2D eigenvalue weighted by atomic mass is 19.5. The fourth-order valence-corrected chi connectivity index (χ4v) is 1.73. The van der Waals surface area contributed by atoms with Gasteiger partial charge in [0.2, 0.25) is 0 Å². The number of halogens is 4. The molecule has 0 saturated carbocycles. The van der Waals surface area contributed by atoms with E-state index in [1.165, 1.54) is 0 Å². The van der Waals surface area contributed by atoms with Gasteiger partial charge in [0.05, 0.1) is 6.08 Å². The molecule has 2 fully saturated rings. The molecule has 0 N–H and O–H groups in total. The summed E-state index contributed by atoms with van der Waals surface area (Å²) in [7, 11) is -6.00. The topological polar surface area (TPSA) is 30.7 Å². The summed E-state index contributed by atoms with van der Waals surface area (Å²) in [6.45, 7) is 11.6. The van der Waals surface area contributed by atoms with Gasteiger partial charge in [0.25, 0.3) is 5.95 Å². The first-order chi connectivity index (χ1) is 9.91. The second kappa shape index (κ2) is 6.89. The Labute approximate surface area is 127 Å². The third-order valence-corrected chi connectivity index (χ3v) is 3.63. The summed E-state index contributed by atoms with van der Waals surface area (Å²) in [5, 5.41) is 0. The van der Waals surface area contributed by atoms with Crippen LogP contribution in [0.25, 0.3) is 0 Å². The fourth-order valence-electron chi connectivity index (χ4n) is 1.73. The normalized spacial score (nSPS) is 22.9. The first kappa shape index (κ1) is 18.8. The van der Waals surface area contributed by atoms with Crippen LogP contribution in [0.1, 0.15) is 27.7 Å². The van der Waals surface area contributed by atoms with E-state index >= 15 is 0 Å². The maximum Gasteiger partial charge on any atom is 0.673 e. The van der Waals surface area contributed by atoms with Crippen LogP contribution in [0, 0.1) is 0 Å². The lowest BCUT2D eigenvalue weighted by atomic mass is 9.90. The van der Waals surface area contributed by atoms with E-state index in [0.29, 0.717) is 5.95 Å². The molecule has 0 unspecified atom stereocenters. The third kappa shape index (κ3) is 6.25. The van der Waals surface area contributed by atoms with Gasteiger partial charge in [0, 0.05) is 0 Å². The molecule has 0 aromatic carbocycles. The average molecular weight is 327 g/mol. The Morgan fingerprint density at radius 3 is 1.77 bits per heavy atom. The van der Waals surface area contributed by atoms with Gasteiger partial charge in [-0.1, -0.05) is 0 Å². The molecule has 2 saturated heterocycles. The minimum Gasteiger partial charge on any atom is -0.455 e. The van der Waals surface area contributed by atoms with Crippen LogP contribution in [-0.2, 0) is 14.2 Å². The first-order valence-electron chi connectivity index (χ1n) is 7.03. The van der Waals surface area contributed by atoms with Crippen LogP contribution in [0.2, 0.25) is 0 Å². The molecule has 0 aromatic heterocycles. The molecule has 0 spiro atoms. The molecule has 128 valence electrons. The highest BCUT2D eigenvalue weighted by Gasteiger charge is 2.48. The van der Waals surface area contributed by atoms with Gasteiger partial charge in [0.1, 0.15) is 24.4 Å². The molecule has 0 radical (unpaired) electrons. The Bertz CT molecular complexity index is 415. The van der Waals surface area contributed by atoms with Crippen LogP contribution in [-0.4, -0.2) is 55.5 Å². The summed E-state index contributed by atoms with van der Waals surface area (Å²) in [6, 6.07) is 0. The molecule has 0 aromatic rings. The largest absolute Gasteiger partial charge is 0.673 e. The smallest absolute Gasteiger partial charge is 0.455 e. The zero-order valence-corrected chi connectivity index (χ0v) is 13.2. The predicted molar refractivity (Wildman–Crippen MR) is 75.5 cm³/mol. The number of ether oxygens (including phenoxy) is 3. The first-order valence-corrected chi connectivity index (χ1v) is 7.03. The fraction of sp³-hybridized carbons (Fsp3) is 0.769. The van der Waals surface area contributed by atoms with Gasteiger partial charge >= 0.3 is 7.25 Å². The third-order valence-electron chi connectivity index (χ3n) is 3.63. The minimum absolute atomic E-state index is 0.294. The number of nitrogens with zero attached hydrogens (tertiary/aromatic N) is 1. The summed E-state index contributed by atoms with van der Waals surface area (Å²) < 4.78 is 58.1. The molecule has 0 amide bonds. The Morgan fingerprint density at radius 2 is 1.36 bits per heavy atom. The van der Waals surface area contributed by atoms with Gasteiger partial charge in [-0.3, -0.25) is 0 Å². The van der Waals surface area contributed by atoms with Crippen molar-refractivity contribution < 1.29 is 36.0 Å². The molecule has 0 atom stereocenters. The van der Waals surface area contributed by atoms with E-state index in [1.54, 1.807) is 0 Å². The molecular formula is C13H22BF4NO3. The lowest BCUT2D eigenvalue weighted by molar-refractivity contribution is -0.544. The molecule has 4 nitrogen and oxygen atoms in total. The molecule has 2 heterocycles. The van der Waals surface area contributed by atoms with Gasteiger partial charge in [-0.25, -0.2) is 4.58 Å². The van der Waals surface area contributed by atoms with Crippen molar-refractivity contribution in [1.29, 1.82) is 0 Å². The Hall–Kier alpha value is -1.25. The zero-order valence-electron chi connectivity index (χ0n) is 13.2. The van der Waals surface area contributed by atoms with Crippen molar-refractivity contribution in [1.82, 2.24) is 0 Å². The van der Waals surface area contributed by atoms with E-state index in [9.17, 15) is 17.3 Å². The molecule has 22 heavy (non-hydrogen) atoms. The van der Waals surface area contributed by atoms with Crippen LogP contribution < -0.4 is 0 Å². The average Bonchev–Trinajstić information content (AvgIpc) is 2.55. The minimum atomic E-state index is -6.00. The molecule has 9 heteroatoms. The van der Waals surface area contributed by atoms with Crippen LogP contribution in [0.3, 0.4) is 0 Å². The van der Waals surface area contributed by atoms with Gasteiger partial charge in [-0.05, 0) is 27.7 Å². The van der Waals surface area contributed by atoms with E-state index in [4.69, 9.17) is 14.2 Å². The lowest BCUT2D eigenvalue weighted by Crippen LogP contribution is -2.41. The SMILES string of the molecule is CC1(C)OC(=CC=[N+]2CCOCC2)OC1(C)C.F[B-](F)(F)F. The summed E-state index contributed by atoms with van der Waals surface area (Å²) in [6.07, 6.45) is 3.93. The van der Waals surface area contributed by atoms with Crippen molar-refractivity contribution in [3.63, 3.8) is 0 Å². The zero-order chi connectivity index (χ0) is 17.0. The van der Waals surface area contributed by atoms with Gasteiger partial charge in [-0.15, -0.1) is 0 Å². The van der Waals surface area contributed by atoms with E-state index in [-0.39, 0.29) is 11.2 Å². The van der Waals surface area contributed by atoms with Crippen molar-refractivity contribution in [2.24, 2.45) is 0 Å². The van der Waals surface area contributed by atoms with Gasteiger partial charge in [0.15, 0.2) is 19.3 Å². The lowest BCUT2D eigenvalue weighted by Gasteiger charge is -2.28. The van der Waals surface area contributed by atoms with E-state index in [1.807, 2.05) is 40.0 Å². The molecule has 2 rings (SSSR count). The van der Waals surface area contributed by atoms with Crippen LogP contribution in [0.15, 0.2) is 12.0 Å². The van der Waals surface area contributed by atoms with Gasteiger partial charge in [-0.2, -0.15) is 0 Å². The van der Waals surface area contributed by atoms with Crippen molar-refractivity contribution in [2.45, 2.75) is 38.9 Å². The second-order valence-electron chi connectivity index (χ2n) is 6.00. The molecule has 2 aliphatic heterocycles. The standard InChI is InChI=1S/C13H22NO3.BF4/c1-12(2)13(3,4)17-11(16-12)5-6-14-7-9-15-10-8-14;2-1(3,4)5/h5-6H,7-10H2,1-4H3;/q+1;-1. The monoisotopic (exact) mass is 327 g/mol. The second-order valence-corrected chi connectivity index (χ2v) is 6.00. The number of allylic oxidation sites excluding steroid dienone is 1. The number of rotatable bonds is 1. The van der Waals surface area contributed by atoms with Crippen LogP contribution in [0.5, 0.6) is 0 Å². The van der Waals surface area contributed by atoms with Crippen molar-refractivity contribution in [2.75, 3.05) is 26.3 Å². The maximum absolute atomic E-state index is 9.75. The van der Waals surface area contributed by atoms with E-state index in [0.717, 1.165) is 26.3 Å². The number of hydrogen-bond donors (Lipinski definition) is 0. The molecule has 0 aliphatic carbocycles. The van der Waals surface area contributed by atoms with Crippen molar-refractivity contribution in [3.05, 3.63) is 12.0 Å². The number of morpholine rings is 1. The molecular weight excluding hydrogens is 305 g/mol. The predicted octanol–water partition coefficient (Wildman–Crippen LogP) is 2.85. The summed E-state index contributed by atoms with van der Waals surface area (Å²) >= 11 is 0. The molecule has 0 bridgehead atoms. The summed E-state index contributed by atoms with van der Waals surface area (Å²) in [4.78, 5) is 0. The van der Waals surface area contributed by atoms with Crippen LogP contribution >= 0.6 is 0 Å². The van der Waals surface area contributed by atoms with E-state index < -0.39 is 7.25 Å². The highest BCUT2D eigenvalue weighted by molar-refractivity contribution is 6.50.